The molecular formula is C32H40O21. The number of fused-ring (bicyclic) bond motifs is 1. The standard InChI is InChI=1S/C32H40O21/c33-6-18-22(41)24(43)27(46)31(51-18)49-16-4-10(35)3-15-11(16)5-17(28(48-15)9-1-12(36)20(39)13(37)2-9)50-32-29(25(44)23(42)19(7-34)52-32)53-30-26(45)21(40)14(38)8-47-30/h1-5,14-15,18-19,21-27,29-46H,6-8H2. The van der Waals surface area contributed by atoms with Gasteiger partial charge in [0.15, 0.2) is 41.2 Å². The Morgan fingerprint density at radius 1 is 0.660 bits per heavy atom. The van der Waals surface area contributed by atoms with Crippen molar-refractivity contribution >= 4 is 5.76 Å². The largest absolute Gasteiger partial charge is 0.508 e. The van der Waals surface area contributed by atoms with Gasteiger partial charge in [0.1, 0.15) is 78.7 Å². The maximum absolute atomic E-state index is 11.1. The second-order valence-corrected chi connectivity index (χ2v) is 12.8. The fraction of sp³-hybridized carbons (Fsp3) is 0.562. The van der Waals surface area contributed by atoms with Gasteiger partial charge in [-0.05, 0) is 18.2 Å². The maximum atomic E-state index is 11.1. The summed E-state index contributed by atoms with van der Waals surface area (Å²) in [7, 11) is 0. The van der Waals surface area contributed by atoms with E-state index in [9.17, 15) is 71.5 Å². The van der Waals surface area contributed by atoms with Gasteiger partial charge >= 0.3 is 0 Å². The second-order valence-electron chi connectivity index (χ2n) is 12.8. The van der Waals surface area contributed by atoms with Gasteiger partial charge in [0.2, 0.25) is 12.6 Å². The first-order valence-corrected chi connectivity index (χ1v) is 16.2. The molecule has 0 bridgehead atoms. The van der Waals surface area contributed by atoms with Crippen molar-refractivity contribution in [2.24, 2.45) is 0 Å². The average molecular weight is 761 g/mol. The monoisotopic (exact) mass is 760 g/mol. The third kappa shape index (κ3) is 7.50. The minimum atomic E-state index is -1.93. The summed E-state index contributed by atoms with van der Waals surface area (Å²) >= 11 is 0. The summed E-state index contributed by atoms with van der Waals surface area (Å²) in [5.74, 6) is -3.95. The Morgan fingerprint density at radius 2 is 1.26 bits per heavy atom. The number of phenolic OH excluding ortho intramolecular Hbond substituents is 3. The van der Waals surface area contributed by atoms with Crippen molar-refractivity contribution in [1.29, 1.82) is 0 Å². The molecule has 3 fully saturated rings. The molecular weight excluding hydrogens is 720 g/mol. The molecule has 0 saturated carbocycles. The molecule has 5 aliphatic rings. The zero-order chi connectivity index (χ0) is 38.5. The third-order valence-electron chi connectivity index (χ3n) is 9.18. The first-order valence-electron chi connectivity index (χ1n) is 16.2. The molecule has 294 valence electrons. The molecule has 21 heteroatoms. The number of aromatic hydroxyl groups is 3. The van der Waals surface area contributed by atoms with E-state index in [2.05, 4.69) is 0 Å². The Morgan fingerprint density at radius 3 is 1.91 bits per heavy atom. The highest BCUT2D eigenvalue weighted by Gasteiger charge is 2.51. The number of rotatable bonds is 9. The highest BCUT2D eigenvalue weighted by molar-refractivity contribution is 5.72. The lowest BCUT2D eigenvalue weighted by atomic mass is 9.96. The van der Waals surface area contributed by atoms with Gasteiger partial charge in [-0.15, -0.1) is 0 Å². The molecule has 4 heterocycles. The molecule has 1 aromatic carbocycles. The molecule has 0 amide bonds. The van der Waals surface area contributed by atoms with Crippen molar-refractivity contribution in [3.8, 4) is 17.2 Å². The van der Waals surface area contributed by atoms with Gasteiger partial charge in [0.05, 0.1) is 19.8 Å². The number of hydrogen-bond acceptors (Lipinski definition) is 21. The molecule has 4 aliphatic heterocycles. The van der Waals surface area contributed by atoms with Crippen LogP contribution in [0.3, 0.4) is 0 Å². The number of allylic oxidation sites excluding steroid dienone is 2. The van der Waals surface area contributed by atoms with Gasteiger partial charge in [0.25, 0.3) is 0 Å². The highest BCUT2D eigenvalue weighted by Crippen LogP contribution is 2.44. The Kier molecular flexibility index (Phi) is 11.4. The van der Waals surface area contributed by atoms with Gasteiger partial charge in [-0.1, -0.05) is 0 Å². The first-order chi connectivity index (χ1) is 25.1. The lowest BCUT2D eigenvalue weighted by Gasteiger charge is -2.45. The third-order valence-corrected chi connectivity index (χ3v) is 9.18. The molecule has 6 rings (SSSR count). The van der Waals surface area contributed by atoms with Crippen molar-refractivity contribution in [3.05, 3.63) is 58.8 Å². The second kappa shape index (κ2) is 15.5. The molecule has 0 radical (unpaired) electrons. The highest BCUT2D eigenvalue weighted by atomic mass is 16.8. The molecule has 53 heavy (non-hydrogen) atoms. The predicted molar refractivity (Wildman–Crippen MR) is 166 cm³/mol. The number of benzene rings is 1. The number of aliphatic hydroxyl groups is 11. The van der Waals surface area contributed by atoms with Gasteiger partial charge in [-0.25, -0.2) is 0 Å². The topological polar surface area (TPSA) is 348 Å². The summed E-state index contributed by atoms with van der Waals surface area (Å²) in [5, 5.41) is 144. The summed E-state index contributed by atoms with van der Waals surface area (Å²) < 4.78 is 40.2. The van der Waals surface area contributed by atoms with E-state index in [0.29, 0.717) is 0 Å². The summed E-state index contributed by atoms with van der Waals surface area (Å²) in [6.07, 6.45) is -22.1. The average Bonchev–Trinajstić information content (AvgIpc) is 3.13. The van der Waals surface area contributed by atoms with Gasteiger partial charge < -0.3 is 105 Å². The Balaban J connectivity index is 1.40. The number of ether oxygens (including phenoxy) is 7. The molecule has 3 saturated heterocycles. The molecule has 21 nitrogen and oxygen atoms in total. The first kappa shape index (κ1) is 38.9. The maximum Gasteiger partial charge on any atom is 0.229 e. The molecule has 1 aliphatic carbocycles. The van der Waals surface area contributed by atoms with Crippen LogP contribution in [0.5, 0.6) is 17.2 Å². The Labute approximate surface area is 298 Å². The molecule has 0 aromatic heterocycles. The summed E-state index contributed by atoms with van der Waals surface area (Å²) in [5.41, 5.74) is -0.154. The smallest absolute Gasteiger partial charge is 0.229 e. The fourth-order valence-corrected chi connectivity index (χ4v) is 6.19. The quantitative estimate of drug-likeness (QED) is 0.105. The predicted octanol–water partition coefficient (Wildman–Crippen LogP) is -4.77. The van der Waals surface area contributed by atoms with Crippen molar-refractivity contribution in [2.45, 2.75) is 92.1 Å². The number of aliphatic hydroxyl groups excluding tert-OH is 11. The molecule has 15 atom stereocenters. The van der Waals surface area contributed by atoms with Crippen molar-refractivity contribution in [3.63, 3.8) is 0 Å². The normalized spacial score (nSPS) is 40.3. The fourth-order valence-electron chi connectivity index (χ4n) is 6.19. The van der Waals surface area contributed by atoms with Crippen LogP contribution in [0.25, 0.3) is 5.76 Å². The van der Waals surface area contributed by atoms with E-state index in [1.165, 1.54) is 12.2 Å². The van der Waals surface area contributed by atoms with Crippen molar-refractivity contribution < 1.29 is 105 Å². The Hall–Kier alpha value is -3.78. The van der Waals surface area contributed by atoms with E-state index in [1.54, 1.807) is 0 Å². The van der Waals surface area contributed by atoms with Crippen LogP contribution in [0, 0.1) is 0 Å². The summed E-state index contributed by atoms with van der Waals surface area (Å²) in [6.45, 7) is -2.13. The molecule has 0 spiro atoms. The van der Waals surface area contributed by atoms with Crippen molar-refractivity contribution in [2.75, 3.05) is 19.8 Å². The van der Waals surface area contributed by atoms with Crippen LogP contribution in [0.2, 0.25) is 0 Å². The van der Waals surface area contributed by atoms with Crippen LogP contribution < -0.4 is 0 Å². The minimum Gasteiger partial charge on any atom is -0.508 e. The Bertz CT molecular complexity index is 1600. The van der Waals surface area contributed by atoms with Crippen LogP contribution >= 0.6 is 0 Å². The van der Waals surface area contributed by atoms with E-state index < -0.39 is 141 Å². The van der Waals surface area contributed by atoms with E-state index in [1.807, 2.05) is 0 Å². The molecule has 1 aromatic rings. The van der Waals surface area contributed by atoms with E-state index >= 15 is 0 Å². The zero-order valence-corrected chi connectivity index (χ0v) is 27.3. The van der Waals surface area contributed by atoms with E-state index in [0.717, 1.165) is 18.2 Å². The lowest BCUT2D eigenvalue weighted by Crippen LogP contribution is -2.63. The van der Waals surface area contributed by atoms with E-state index in [-0.39, 0.29) is 22.7 Å². The van der Waals surface area contributed by atoms with Crippen LogP contribution in [0.15, 0.2) is 53.2 Å². The SMILES string of the molecule is OCC1OC(OC2=CC(O)=CC3OC(c4cc(O)c(O)c(O)c4)=C(OC4OC(CO)C(O)C(O)C4OC4OCC(O)C(O)C4O)C=C23)C(O)C(O)C1O. The van der Waals surface area contributed by atoms with E-state index in [4.69, 9.17) is 33.2 Å². The summed E-state index contributed by atoms with van der Waals surface area (Å²) in [6, 6.07) is 1.92. The van der Waals surface area contributed by atoms with Gasteiger partial charge in [0, 0.05) is 23.3 Å². The van der Waals surface area contributed by atoms with Crippen LogP contribution in [0.1, 0.15) is 5.56 Å². The number of phenols is 3. The molecule has 15 unspecified atom stereocenters. The van der Waals surface area contributed by atoms with Gasteiger partial charge in [-0.3, -0.25) is 0 Å². The van der Waals surface area contributed by atoms with Gasteiger partial charge in [-0.2, -0.15) is 0 Å². The molecule has 14 N–H and O–H groups in total. The van der Waals surface area contributed by atoms with Crippen LogP contribution in [-0.4, -0.2) is 183 Å². The minimum absolute atomic E-state index is 0.00134. The van der Waals surface area contributed by atoms with Crippen molar-refractivity contribution in [1.82, 2.24) is 0 Å². The van der Waals surface area contributed by atoms with Crippen LogP contribution in [-0.2, 0) is 33.2 Å². The van der Waals surface area contributed by atoms with Crippen LogP contribution in [0.4, 0.5) is 0 Å². The number of hydrogen-bond donors (Lipinski definition) is 14. The lowest BCUT2D eigenvalue weighted by molar-refractivity contribution is -0.351. The zero-order valence-electron chi connectivity index (χ0n) is 27.3. The summed E-state index contributed by atoms with van der Waals surface area (Å²) in [4.78, 5) is 0.